The minimum Gasteiger partial charge on any atom is -0.349 e. The van der Waals surface area contributed by atoms with Crippen LogP contribution in [0.4, 0.5) is 13.2 Å². The van der Waals surface area contributed by atoms with Crippen molar-refractivity contribution < 1.29 is 18.0 Å². The Labute approximate surface area is 120 Å². The molecule has 0 aromatic heterocycles. The third-order valence-corrected chi connectivity index (χ3v) is 3.75. The molecule has 3 nitrogen and oxygen atoms in total. The van der Waals surface area contributed by atoms with E-state index in [-0.39, 0.29) is 12.8 Å². The summed E-state index contributed by atoms with van der Waals surface area (Å²) in [6, 6.07) is 7.50. The molecule has 0 spiro atoms. The number of nitrogens with zero attached hydrogens (tertiary/aromatic N) is 1. The first kappa shape index (κ1) is 15.4. The molecule has 1 fully saturated rings. The molecule has 1 aromatic rings. The largest absolute Gasteiger partial charge is 0.391 e. The maximum atomic E-state index is 12.7. The molecule has 0 radical (unpaired) electrons. The van der Waals surface area contributed by atoms with Gasteiger partial charge < -0.3 is 5.32 Å². The highest BCUT2D eigenvalue weighted by atomic mass is 19.4. The van der Waals surface area contributed by atoms with Crippen molar-refractivity contribution in [3.05, 3.63) is 35.4 Å². The number of benzene rings is 1. The van der Waals surface area contributed by atoms with Crippen LogP contribution < -0.4 is 5.32 Å². The van der Waals surface area contributed by atoms with Crippen LogP contribution in [0.15, 0.2) is 24.3 Å². The molecule has 0 bridgehead atoms. The van der Waals surface area contributed by atoms with Gasteiger partial charge in [0.1, 0.15) is 0 Å². The lowest BCUT2D eigenvalue weighted by Gasteiger charge is -2.31. The molecule has 2 atom stereocenters. The molecular weight excluding hydrogens is 281 g/mol. The molecule has 1 saturated carbocycles. The summed E-state index contributed by atoms with van der Waals surface area (Å²) < 4.78 is 38.1. The smallest absolute Gasteiger partial charge is 0.349 e. The van der Waals surface area contributed by atoms with Crippen molar-refractivity contribution in [3.63, 3.8) is 0 Å². The number of alkyl halides is 3. The van der Waals surface area contributed by atoms with Crippen LogP contribution in [-0.2, 0) is 0 Å². The van der Waals surface area contributed by atoms with E-state index in [2.05, 4.69) is 5.32 Å². The summed E-state index contributed by atoms with van der Waals surface area (Å²) in [5.74, 6) is -1.73. The summed E-state index contributed by atoms with van der Waals surface area (Å²) in [6.45, 7) is 0. The van der Waals surface area contributed by atoms with Crippen molar-refractivity contribution >= 4 is 5.91 Å². The predicted molar refractivity (Wildman–Crippen MR) is 70.4 cm³/mol. The highest BCUT2D eigenvalue weighted by Crippen LogP contribution is 2.37. The Balaban J connectivity index is 1.97. The van der Waals surface area contributed by atoms with Gasteiger partial charge in [-0.05, 0) is 43.5 Å². The summed E-state index contributed by atoms with van der Waals surface area (Å²) in [5.41, 5.74) is 0.782. The Morgan fingerprint density at radius 2 is 1.90 bits per heavy atom. The van der Waals surface area contributed by atoms with Gasteiger partial charge in [-0.3, -0.25) is 4.79 Å². The van der Waals surface area contributed by atoms with Crippen molar-refractivity contribution in [2.75, 3.05) is 0 Å². The van der Waals surface area contributed by atoms with Crippen molar-refractivity contribution in [2.24, 2.45) is 5.92 Å². The van der Waals surface area contributed by atoms with Crippen molar-refractivity contribution in [1.82, 2.24) is 5.32 Å². The number of halogens is 3. The molecule has 1 amide bonds. The van der Waals surface area contributed by atoms with E-state index in [0.29, 0.717) is 24.0 Å². The quantitative estimate of drug-likeness (QED) is 0.909. The molecule has 0 unspecified atom stereocenters. The van der Waals surface area contributed by atoms with Crippen LogP contribution in [0, 0.1) is 17.2 Å². The van der Waals surface area contributed by atoms with E-state index < -0.39 is 24.0 Å². The Bertz CT molecular complexity index is 546. The lowest BCUT2D eigenvalue weighted by molar-refractivity contribution is -0.183. The zero-order valence-electron chi connectivity index (χ0n) is 11.3. The van der Waals surface area contributed by atoms with E-state index >= 15 is 0 Å². The molecule has 1 N–H and O–H groups in total. The third-order valence-electron chi connectivity index (χ3n) is 3.75. The highest BCUT2D eigenvalue weighted by molar-refractivity contribution is 5.94. The molecule has 2 rings (SSSR count). The second-order valence-corrected chi connectivity index (χ2v) is 5.26. The van der Waals surface area contributed by atoms with Gasteiger partial charge in [0.2, 0.25) is 0 Å². The maximum absolute atomic E-state index is 12.7. The monoisotopic (exact) mass is 296 g/mol. The van der Waals surface area contributed by atoms with Gasteiger partial charge in [-0.2, -0.15) is 18.4 Å². The summed E-state index contributed by atoms with van der Waals surface area (Å²) in [4.78, 5) is 12.0. The van der Waals surface area contributed by atoms with Crippen LogP contribution in [0.2, 0.25) is 0 Å². The fourth-order valence-electron chi connectivity index (χ4n) is 2.58. The maximum Gasteiger partial charge on any atom is 0.391 e. The average molecular weight is 296 g/mol. The minimum atomic E-state index is -4.20. The van der Waals surface area contributed by atoms with Gasteiger partial charge in [-0.15, -0.1) is 0 Å². The summed E-state index contributed by atoms with van der Waals surface area (Å²) >= 11 is 0. The van der Waals surface area contributed by atoms with E-state index in [1.807, 2.05) is 6.07 Å². The molecule has 21 heavy (non-hydrogen) atoms. The predicted octanol–water partition coefficient (Wildman–Crippen LogP) is 3.41. The second kappa shape index (κ2) is 6.17. The molecule has 0 heterocycles. The van der Waals surface area contributed by atoms with Crippen molar-refractivity contribution in [2.45, 2.75) is 37.9 Å². The van der Waals surface area contributed by atoms with E-state index in [1.165, 1.54) is 24.3 Å². The molecule has 6 heteroatoms. The molecule has 1 aliphatic rings. The van der Waals surface area contributed by atoms with Crippen LogP contribution in [0.25, 0.3) is 0 Å². The first-order valence-electron chi connectivity index (χ1n) is 6.78. The third kappa shape index (κ3) is 3.97. The number of hydrogen-bond acceptors (Lipinski definition) is 2. The standard InChI is InChI=1S/C15H15F3N2O/c16-15(17,18)12-2-1-3-13(8-12)20-14(21)11-6-4-10(9-19)5-7-11/h4-7,12-13H,1-3,8H2,(H,20,21)/t12-,13+/m1/s1. The topological polar surface area (TPSA) is 52.9 Å². The lowest BCUT2D eigenvalue weighted by Crippen LogP contribution is -2.41. The van der Waals surface area contributed by atoms with Crippen LogP contribution in [0.1, 0.15) is 41.6 Å². The Morgan fingerprint density at radius 1 is 1.24 bits per heavy atom. The number of carbonyl (C=O) groups is 1. The minimum absolute atomic E-state index is 0.0640. The van der Waals surface area contributed by atoms with E-state index in [4.69, 9.17) is 5.26 Å². The number of amides is 1. The van der Waals surface area contributed by atoms with Gasteiger partial charge in [0.15, 0.2) is 0 Å². The fourth-order valence-corrected chi connectivity index (χ4v) is 2.58. The molecule has 112 valence electrons. The van der Waals surface area contributed by atoms with E-state index in [9.17, 15) is 18.0 Å². The molecule has 1 aliphatic carbocycles. The van der Waals surface area contributed by atoms with Gasteiger partial charge in [0.25, 0.3) is 5.91 Å². The first-order chi connectivity index (χ1) is 9.90. The zero-order chi connectivity index (χ0) is 15.5. The highest BCUT2D eigenvalue weighted by Gasteiger charge is 2.42. The Morgan fingerprint density at radius 3 is 2.48 bits per heavy atom. The Hall–Kier alpha value is -2.03. The normalized spacial score (nSPS) is 22.4. The SMILES string of the molecule is N#Cc1ccc(C(=O)N[C@H]2CCC[C@@H](C(F)(F)F)C2)cc1. The van der Waals surface area contributed by atoms with Gasteiger partial charge in [-0.25, -0.2) is 0 Å². The summed E-state index contributed by atoms with van der Waals surface area (Å²) in [6.07, 6.45) is -3.10. The van der Waals surface area contributed by atoms with Crippen molar-refractivity contribution in [3.8, 4) is 6.07 Å². The molecular formula is C15H15F3N2O. The van der Waals surface area contributed by atoms with Crippen LogP contribution in [-0.4, -0.2) is 18.1 Å². The van der Waals surface area contributed by atoms with Gasteiger partial charge >= 0.3 is 6.18 Å². The average Bonchev–Trinajstić information content (AvgIpc) is 2.47. The summed E-state index contributed by atoms with van der Waals surface area (Å²) in [5, 5.41) is 11.3. The molecule has 1 aromatic carbocycles. The Kier molecular flexibility index (Phi) is 4.51. The number of nitrogens with one attached hydrogen (secondary N) is 1. The number of carbonyl (C=O) groups excluding carboxylic acids is 1. The second-order valence-electron chi connectivity index (χ2n) is 5.26. The summed E-state index contributed by atoms with van der Waals surface area (Å²) in [7, 11) is 0. The van der Waals surface area contributed by atoms with E-state index in [1.54, 1.807) is 0 Å². The van der Waals surface area contributed by atoms with Crippen molar-refractivity contribution in [1.29, 1.82) is 5.26 Å². The van der Waals surface area contributed by atoms with E-state index in [0.717, 1.165) is 0 Å². The van der Waals surface area contributed by atoms with Crippen LogP contribution in [0.3, 0.4) is 0 Å². The molecule has 0 saturated heterocycles. The van der Waals surface area contributed by atoms with Crippen LogP contribution >= 0.6 is 0 Å². The fraction of sp³-hybridized carbons (Fsp3) is 0.467. The number of nitriles is 1. The first-order valence-corrected chi connectivity index (χ1v) is 6.78. The molecule has 0 aliphatic heterocycles. The lowest BCUT2D eigenvalue weighted by atomic mass is 9.85. The zero-order valence-corrected chi connectivity index (χ0v) is 11.3. The number of hydrogen-bond donors (Lipinski definition) is 1. The van der Waals surface area contributed by atoms with Gasteiger partial charge in [-0.1, -0.05) is 6.42 Å². The van der Waals surface area contributed by atoms with Gasteiger partial charge in [0, 0.05) is 11.6 Å². The van der Waals surface area contributed by atoms with Crippen LogP contribution in [0.5, 0.6) is 0 Å². The van der Waals surface area contributed by atoms with Gasteiger partial charge in [0.05, 0.1) is 17.6 Å². The number of rotatable bonds is 2.